The Morgan fingerprint density at radius 2 is 2.18 bits per heavy atom. The summed E-state index contributed by atoms with van der Waals surface area (Å²) in [6, 6.07) is 8.26. The predicted octanol–water partition coefficient (Wildman–Crippen LogP) is 3.93. The molecule has 1 aliphatic heterocycles. The third kappa shape index (κ3) is 2.80. The van der Waals surface area contributed by atoms with Crippen LogP contribution in [0.4, 0.5) is 10.1 Å². The number of thioether (sulfide) groups is 1. The number of benzene rings is 1. The van der Waals surface area contributed by atoms with E-state index in [1.54, 1.807) is 49.7 Å². The van der Waals surface area contributed by atoms with Crippen LogP contribution in [0, 0.1) is 12.7 Å². The van der Waals surface area contributed by atoms with Gasteiger partial charge < -0.3 is 0 Å². The number of pyridine rings is 1. The maximum Gasteiger partial charge on any atom is 0.270 e. The molecule has 22 heavy (non-hydrogen) atoms. The van der Waals surface area contributed by atoms with Crippen molar-refractivity contribution < 1.29 is 9.18 Å². The fourth-order valence-corrected chi connectivity index (χ4v) is 3.38. The van der Waals surface area contributed by atoms with Crippen molar-refractivity contribution in [3.05, 3.63) is 64.6 Å². The number of aromatic nitrogens is 1. The molecule has 2 aromatic rings. The van der Waals surface area contributed by atoms with Gasteiger partial charge in [0.25, 0.3) is 5.91 Å². The molecule has 1 aromatic heterocycles. The summed E-state index contributed by atoms with van der Waals surface area (Å²) in [6.45, 7) is 1.69. The van der Waals surface area contributed by atoms with Crippen LogP contribution in [0.1, 0.15) is 11.1 Å². The topological polar surface area (TPSA) is 33.2 Å². The van der Waals surface area contributed by atoms with E-state index >= 15 is 0 Å². The SMILES string of the molecule is Cc1cc(/C=C2/SC(=S)N(c3cccnc3)C2=O)ccc1F. The van der Waals surface area contributed by atoms with Gasteiger partial charge in [-0.25, -0.2) is 4.39 Å². The van der Waals surface area contributed by atoms with Gasteiger partial charge in [-0.05, 0) is 48.4 Å². The summed E-state index contributed by atoms with van der Waals surface area (Å²) in [7, 11) is 0. The summed E-state index contributed by atoms with van der Waals surface area (Å²) in [5.74, 6) is -0.454. The second kappa shape index (κ2) is 5.98. The van der Waals surface area contributed by atoms with Gasteiger partial charge in [0.15, 0.2) is 4.32 Å². The first kappa shape index (κ1) is 14.9. The Morgan fingerprint density at radius 3 is 2.86 bits per heavy atom. The van der Waals surface area contributed by atoms with Gasteiger partial charge in [-0.1, -0.05) is 30.0 Å². The van der Waals surface area contributed by atoms with Crippen LogP contribution >= 0.6 is 24.0 Å². The van der Waals surface area contributed by atoms with Gasteiger partial charge in [-0.3, -0.25) is 14.7 Å². The van der Waals surface area contributed by atoms with Crippen LogP contribution in [0.15, 0.2) is 47.6 Å². The van der Waals surface area contributed by atoms with Crippen molar-refractivity contribution in [2.24, 2.45) is 0 Å². The zero-order chi connectivity index (χ0) is 15.7. The van der Waals surface area contributed by atoms with E-state index in [4.69, 9.17) is 12.2 Å². The zero-order valence-corrected chi connectivity index (χ0v) is 13.2. The Kier molecular flexibility index (Phi) is 4.04. The molecule has 2 heterocycles. The second-order valence-electron chi connectivity index (χ2n) is 4.74. The minimum atomic E-state index is -0.264. The van der Waals surface area contributed by atoms with E-state index in [0.29, 0.717) is 20.5 Å². The van der Waals surface area contributed by atoms with Crippen LogP contribution in [0.25, 0.3) is 6.08 Å². The summed E-state index contributed by atoms with van der Waals surface area (Å²) in [5.41, 5.74) is 1.95. The Hall–Kier alpha value is -2.05. The van der Waals surface area contributed by atoms with Crippen LogP contribution in [0.5, 0.6) is 0 Å². The van der Waals surface area contributed by atoms with Crippen LogP contribution in [-0.4, -0.2) is 15.2 Å². The number of carbonyl (C=O) groups excluding carboxylic acids is 1. The van der Waals surface area contributed by atoms with E-state index in [9.17, 15) is 9.18 Å². The number of halogens is 1. The predicted molar refractivity (Wildman–Crippen MR) is 91.0 cm³/mol. The van der Waals surface area contributed by atoms with E-state index in [1.807, 2.05) is 0 Å². The van der Waals surface area contributed by atoms with Crippen molar-refractivity contribution in [2.75, 3.05) is 4.90 Å². The van der Waals surface area contributed by atoms with Gasteiger partial charge in [0.2, 0.25) is 0 Å². The van der Waals surface area contributed by atoms with E-state index in [2.05, 4.69) is 4.98 Å². The van der Waals surface area contributed by atoms with Crippen molar-refractivity contribution in [2.45, 2.75) is 6.92 Å². The van der Waals surface area contributed by atoms with Crippen molar-refractivity contribution in [1.82, 2.24) is 4.98 Å². The van der Waals surface area contributed by atoms with Crippen LogP contribution in [0.3, 0.4) is 0 Å². The molecule has 1 aliphatic rings. The summed E-state index contributed by atoms with van der Waals surface area (Å²) in [5, 5.41) is 0. The second-order valence-corrected chi connectivity index (χ2v) is 6.41. The highest BCUT2D eigenvalue weighted by Crippen LogP contribution is 2.35. The molecule has 1 saturated heterocycles. The number of thiocarbonyl (C=S) groups is 1. The van der Waals surface area contributed by atoms with Gasteiger partial charge in [0, 0.05) is 6.20 Å². The maximum absolute atomic E-state index is 13.3. The molecule has 1 fully saturated rings. The molecule has 0 bridgehead atoms. The Morgan fingerprint density at radius 1 is 1.36 bits per heavy atom. The number of rotatable bonds is 2. The smallest absolute Gasteiger partial charge is 0.268 e. The lowest BCUT2D eigenvalue weighted by molar-refractivity contribution is -0.113. The van der Waals surface area contributed by atoms with Gasteiger partial charge >= 0.3 is 0 Å². The average molecular weight is 330 g/mol. The standard InChI is InChI=1S/C16H11FN2OS2/c1-10-7-11(4-5-13(10)17)8-14-15(20)19(16(21)22-14)12-3-2-6-18-9-12/h2-9H,1H3/b14-8+. The first-order valence-corrected chi connectivity index (χ1v) is 7.73. The number of nitrogens with zero attached hydrogens (tertiary/aromatic N) is 2. The van der Waals surface area contributed by atoms with Gasteiger partial charge in [-0.2, -0.15) is 0 Å². The normalized spacial score (nSPS) is 16.6. The quantitative estimate of drug-likeness (QED) is 0.617. The Labute approximate surface area is 136 Å². The monoisotopic (exact) mass is 330 g/mol. The average Bonchev–Trinajstić information content (AvgIpc) is 2.78. The molecule has 0 saturated carbocycles. The van der Waals surface area contributed by atoms with E-state index in [-0.39, 0.29) is 11.7 Å². The van der Waals surface area contributed by atoms with Gasteiger partial charge in [-0.15, -0.1) is 0 Å². The first-order chi connectivity index (χ1) is 10.6. The molecule has 1 amide bonds. The number of amides is 1. The van der Waals surface area contributed by atoms with Crippen molar-refractivity contribution in [3.8, 4) is 0 Å². The molecule has 0 spiro atoms. The molecular formula is C16H11FN2OS2. The highest BCUT2D eigenvalue weighted by atomic mass is 32.2. The molecule has 6 heteroatoms. The number of hydrogen-bond acceptors (Lipinski definition) is 4. The van der Waals surface area contributed by atoms with Crippen LogP contribution in [0.2, 0.25) is 0 Å². The first-order valence-electron chi connectivity index (χ1n) is 6.50. The number of carbonyl (C=O) groups is 1. The van der Waals surface area contributed by atoms with E-state index in [0.717, 1.165) is 5.56 Å². The van der Waals surface area contributed by atoms with Gasteiger partial charge in [0.1, 0.15) is 5.82 Å². The molecule has 0 unspecified atom stereocenters. The molecular weight excluding hydrogens is 319 g/mol. The molecule has 0 N–H and O–H groups in total. The highest BCUT2D eigenvalue weighted by Gasteiger charge is 2.33. The largest absolute Gasteiger partial charge is 0.270 e. The van der Waals surface area contributed by atoms with Crippen LogP contribution in [-0.2, 0) is 4.79 Å². The third-order valence-corrected chi connectivity index (χ3v) is 4.48. The van der Waals surface area contributed by atoms with Crippen molar-refractivity contribution >= 4 is 46.0 Å². The van der Waals surface area contributed by atoms with E-state index < -0.39 is 0 Å². The molecule has 110 valence electrons. The summed E-state index contributed by atoms with van der Waals surface area (Å²) in [6.07, 6.45) is 4.95. The summed E-state index contributed by atoms with van der Waals surface area (Å²) in [4.78, 5) is 18.5. The molecule has 0 atom stereocenters. The van der Waals surface area contributed by atoms with E-state index in [1.165, 1.54) is 22.7 Å². The molecule has 1 aromatic carbocycles. The minimum Gasteiger partial charge on any atom is -0.268 e. The third-order valence-electron chi connectivity index (χ3n) is 3.18. The molecule has 0 aliphatic carbocycles. The number of aryl methyl sites for hydroxylation is 1. The fraction of sp³-hybridized carbons (Fsp3) is 0.0625. The van der Waals surface area contributed by atoms with Crippen LogP contribution < -0.4 is 4.90 Å². The summed E-state index contributed by atoms with van der Waals surface area (Å²) < 4.78 is 13.8. The van der Waals surface area contributed by atoms with Gasteiger partial charge in [0.05, 0.1) is 16.8 Å². The molecule has 3 nitrogen and oxygen atoms in total. The highest BCUT2D eigenvalue weighted by molar-refractivity contribution is 8.27. The fourth-order valence-electron chi connectivity index (χ4n) is 2.09. The molecule has 0 radical (unpaired) electrons. The Bertz CT molecular complexity index is 790. The van der Waals surface area contributed by atoms with Crippen molar-refractivity contribution in [3.63, 3.8) is 0 Å². The zero-order valence-electron chi connectivity index (χ0n) is 11.6. The summed E-state index contributed by atoms with van der Waals surface area (Å²) >= 11 is 6.51. The lowest BCUT2D eigenvalue weighted by Gasteiger charge is -2.13. The minimum absolute atomic E-state index is 0.190. The lowest BCUT2D eigenvalue weighted by atomic mass is 10.1. The number of hydrogen-bond donors (Lipinski definition) is 0. The molecule has 3 rings (SSSR count). The lowest BCUT2D eigenvalue weighted by Crippen LogP contribution is -2.27. The maximum atomic E-state index is 13.3. The Balaban J connectivity index is 1.93. The van der Waals surface area contributed by atoms with Crippen molar-refractivity contribution in [1.29, 1.82) is 0 Å². The number of anilines is 1.